The molecule has 0 heterocycles. The average Bonchev–Trinajstić information content (AvgIpc) is 2.54. The molecule has 1 aromatic rings. The highest BCUT2D eigenvalue weighted by Gasteiger charge is 2.20. The predicted molar refractivity (Wildman–Crippen MR) is 92.4 cm³/mol. The third-order valence-electron chi connectivity index (χ3n) is 5.30. The van der Waals surface area contributed by atoms with Crippen molar-refractivity contribution in [2.24, 2.45) is 11.8 Å². The number of unbranched alkanes of at least 4 members (excludes halogenated alkanes) is 3. The molecular weight excluding hydrogens is 252 g/mol. The highest BCUT2D eigenvalue weighted by Crippen LogP contribution is 2.34. The van der Waals surface area contributed by atoms with E-state index in [2.05, 4.69) is 25.1 Å². The van der Waals surface area contributed by atoms with E-state index in [0.29, 0.717) is 0 Å². The summed E-state index contributed by atoms with van der Waals surface area (Å²) in [5.74, 6) is 2.10. The molecule has 1 aliphatic rings. The predicted octanol–water partition coefficient (Wildman–Crippen LogP) is 6.59. The molecule has 0 amide bonds. The van der Waals surface area contributed by atoms with E-state index in [1.807, 2.05) is 12.1 Å². The highest BCUT2D eigenvalue weighted by atomic mass is 14.3. The van der Waals surface area contributed by atoms with Crippen LogP contribution in [0.3, 0.4) is 0 Å². The van der Waals surface area contributed by atoms with Gasteiger partial charge < -0.3 is 0 Å². The topological polar surface area (TPSA) is 0 Å². The second-order valence-electron chi connectivity index (χ2n) is 7.04. The minimum atomic E-state index is 1.04. The molecule has 0 saturated heterocycles. The lowest BCUT2D eigenvalue weighted by Crippen LogP contribution is -2.14. The third kappa shape index (κ3) is 6.68. The average molecular weight is 285 g/mol. The molecule has 1 aromatic carbocycles. The van der Waals surface area contributed by atoms with Crippen molar-refractivity contribution >= 4 is 0 Å². The maximum Gasteiger partial charge on any atom is -0.0184 e. The minimum absolute atomic E-state index is 1.04. The quantitative estimate of drug-likeness (QED) is 0.449. The van der Waals surface area contributed by atoms with Gasteiger partial charge in [0.2, 0.25) is 0 Å². The largest absolute Gasteiger partial charge is 0.0654 e. The van der Waals surface area contributed by atoms with Crippen molar-refractivity contribution in [3.63, 3.8) is 0 Å². The van der Waals surface area contributed by atoms with E-state index in [-0.39, 0.29) is 0 Å². The van der Waals surface area contributed by atoms with Crippen LogP contribution in [0.4, 0.5) is 0 Å². The molecule has 0 aromatic heterocycles. The van der Waals surface area contributed by atoms with Gasteiger partial charge in [-0.05, 0) is 36.3 Å². The molecule has 0 nitrogen and oxygen atoms in total. The van der Waals surface area contributed by atoms with Crippen molar-refractivity contribution in [3.8, 4) is 0 Å². The van der Waals surface area contributed by atoms with E-state index >= 15 is 0 Å². The summed E-state index contributed by atoms with van der Waals surface area (Å²) in [7, 11) is 0. The first-order valence-corrected chi connectivity index (χ1v) is 9.33. The Morgan fingerprint density at radius 2 is 1.43 bits per heavy atom. The van der Waals surface area contributed by atoms with Gasteiger partial charge in [-0.3, -0.25) is 0 Å². The van der Waals surface area contributed by atoms with E-state index in [4.69, 9.17) is 0 Å². The molecule has 0 heteroatoms. The lowest BCUT2D eigenvalue weighted by Gasteiger charge is -2.28. The van der Waals surface area contributed by atoms with E-state index in [1.165, 1.54) is 82.6 Å². The summed E-state index contributed by atoms with van der Waals surface area (Å²) in [5, 5.41) is 0. The Balaban J connectivity index is 1.51. The van der Waals surface area contributed by atoms with Crippen LogP contribution in [0, 0.1) is 17.9 Å². The van der Waals surface area contributed by atoms with E-state index in [9.17, 15) is 0 Å². The molecule has 0 spiro atoms. The van der Waals surface area contributed by atoms with Gasteiger partial charge in [0.1, 0.15) is 0 Å². The summed E-state index contributed by atoms with van der Waals surface area (Å²) in [4.78, 5) is 0. The molecule has 2 rings (SSSR count). The van der Waals surface area contributed by atoms with Crippen LogP contribution in [0.5, 0.6) is 0 Å². The summed E-state index contributed by atoms with van der Waals surface area (Å²) in [6.45, 7) is 2.31. The molecule has 117 valence electrons. The van der Waals surface area contributed by atoms with Crippen LogP contribution in [-0.2, 0) is 6.42 Å². The number of rotatable bonds is 9. The zero-order chi connectivity index (χ0) is 14.8. The van der Waals surface area contributed by atoms with Crippen LogP contribution >= 0.6 is 0 Å². The molecule has 0 aliphatic heterocycles. The van der Waals surface area contributed by atoms with Gasteiger partial charge in [-0.15, -0.1) is 0 Å². The molecule has 0 unspecified atom stereocenters. The molecule has 1 saturated carbocycles. The van der Waals surface area contributed by atoms with Crippen molar-refractivity contribution in [3.05, 3.63) is 35.9 Å². The lowest BCUT2D eigenvalue weighted by atomic mass is 9.78. The second kappa shape index (κ2) is 10.0. The maximum atomic E-state index is 3.10. The van der Waals surface area contributed by atoms with E-state index < -0.39 is 0 Å². The van der Waals surface area contributed by atoms with Gasteiger partial charge in [0, 0.05) is 0 Å². The molecule has 0 bridgehead atoms. The van der Waals surface area contributed by atoms with E-state index in [1.54, 1.807) is 0 Å². The monoisotopic (exact) mass is 285 g/mol. The van der Waals surface area contributed by atoms with Crippen LogP contribution in [-0.4, -0.2) is 0 Å². The van der Waals surface area contributed by atoms with Crippen molar-refractivity contribution in [1.29, 1.82) is 0 Å². The highest BCUT2D eigenvalue weighted by molar-refractivity contribution is 5.13. The Bertz CT molecular complexity index is 346. The summed E-state index contributed by atoms with van der Waals surface area (Å²) >= 11 is 0. The first-order valence-electron chi connectivity index (χ1n) is 9.33. The van der Waals surface area contributed by atoms with Crippen LogP contribution < -0.4 is 0 Å². The Kier molecular flexibility index (Phi) is 7.92. The number of hydrogen-bond acceptors (Lipinski definition) is 0. The zero-order valence-electron chi connectivity index (χ0n) is 13.9. The fourth-order valence-electron chi connectivity index (χ4n) is 3.84. The smallest absolute Gasteiger partial charge is 0.0184 e. The molecule has 1 fully saturated rings. The third-order valence-corrected chi connectivity index (χ3v) is 5.30. The Morgan fingerprint density at radius 1 is 0.857 bits per heavy atom. The fourth-order valence-corrected chi connectivity index (χ4v) is 3.84. The SMILES string of the molecule is CCCCCC1CCC(CCCCc2cc[c]cc2)CC1. The lowest BCUT2D eigenvalue weighted by molar-refractivity contribution is 0.245. The van der Waals surface area contributed by atoms with Crippen LogP contribution in [0.15, 0.2) is 24.3 Å². The van der Waals surface area contributed by atoms with Crippen molar-refractivity contribution in [1.82, 2.24) is 0 Å². The molecule has 0 atom stereocenters. The normalized spacial score (nSPS) is 22.3. The fraction of sp³-hybridized carbons (Fsp3) is 0.714. The molecule has 21 heavy (non-hydrogen) atoms. The zero-order valence-corrected chi connectivity index (χ0v) is 13.9. The van der Waals surface area contributed by atoms with Gasteiger partial charge >= 0.3 is 0 Å². The van der Waals surface area contributed by atoms with Crippen LogP contribution in [0.25, 0.3) is 0 Å². The van der Waals surface area contributed by atoms with Gasteiger partial charge in [0.05, 0.1) is 0 Å². The van der Waals surface area contributed by atoms with Crippen LogP contribution in [0.1, 0.15) is 83.1 Å². The van der Waals surface area contributed by atoms with Gasteiger partial charge in [0.15, 0.2) is 0 Å². The second-order valence-corrected chi connectivity index (χ2v) is 7.04. The first kappa shape index (κ1) is 16.6. The Labute approximate surface area is 132 Å². The van der Waals surface area contributed by atoms with Crippen molar-refractivity contribution in [2.45, 2.75) is 84.0 Å². The Hall–Kier alpha value is -0.780. The van der Waals surface area contributed by atoms with E-state index in [0.717, 1.165) is 11.8 Å². The van der Waals surface area contributed by atoms with Gasteiger partial charge in [-0.25, -0.2) is 0 Å². The van der Waals surface area contributed by atoms with Gasteiger partial charge in [-0.1, -0.05) is 95.4 Å². The summed E-state index contributed by atoms with van der Waals surface area (Å²) in [6.07, 6.45) is 17.4. The summed E-state index contributed by atoms with van der Waals surface area (Å²) in [6, 6.07) is 11.6. The maximum absolute atomic E-state index is 3.10. The van der Waals surface area contributed by atoms with Crippen molar-refractivity contribution in [2.75, 3.05) is 0 Å². The standard InChI is InChI=1S/C21H33/c1-2-3-5-10-20-15-17-21(18-16-20)14-9-8-13-19-11-6-4-7-12-19/h6-7,11-12,20-21H,2-3,5,8-10,13-18H2,1H3. The minimum Gasteiger partial charge on any atom is -0.0654 e. The number of aryl methyl sites for hydroxylation is 1. The molecular formula is C21H33. The number of benzene rings is 1. The number of hydrogen-bond donors (Lipinski definition) is 0. The summed E-state index contributed by atoms with van der Waals surface area (Å²) in [5.41, 5.74) is 1.48. The van der Waals surface area contributed by atoms with Crippen LogP contribution in [0.2, 0.25) is 0 Å². The first-order chi connectivity index (χ1) is 10.4. The van der Waals surface area contributed by atoms with Gasteiger partial charge in [-0.2, -0.15) is 0 Å². The summed E-state index contributed by atoms with van der Waals surface area (Å²) < 4.78 is 0. The molecule has 0 N–H and O–H groups in total. The molecule has 1 radical (unpaired) electrons. The molecule has 1 aliphatic carbocycles. The van der Waals surface area contributed by atoms with Crippen molar-refractivity contribution < 1.29 is 0 Å². The Morgan fingerprint density at radius 3 is 2.00 bits per heavy atom. The van der Waals surface area contributed by atoms with Gasteiger partial charge in [0.25, 0.3) is 0 Å².